The molecule has 0 bridgehead atoms. The van der Waals surface area contributed by atoms with E-state index in [1.165, 1.54) is 0 Å². The van der Waals surface area contributed by atoms with Gasteiger partial charge in [-0.05, 0) is 50.2 Å². The van der Waals surface area contributed by atoms with E-state index in [4.69, 9.17) is 14.2 Å². The SMILES string of the molecule is CCOc1ccc(C(=O)COC(=O)CCOc2ccc(C)cc2)cc1. The van der Waals surface area contributed by atoms with Gasteiger partial charge in [-0.25, -0.2) is 0 Å². The fourth-order valence-electron chi connectivity index (χ4n) is 2.09. The van der Waals surface area contributed by atoms with Crippen LogP contribution in [0.3, 0.4) is 0 Å². The standard InChI is InChI=1S/C20H22O5/c1-3-23-17-10-6-16(7-11-17)19(21)14-25-20(22)12-13-24-18-8-4-15(2)5-9-18/h4-11H,3,12-14H2,1-2H3. The Labute approximate surface area is 147 Å². The van der Waals surface area contributed by atoms with Crippen LogP contribution in [0.2, 0.25) is 0 Å². The zero-order valence-corrected chi connectivity index (χ0v) is 14.5. The molecule has 2 aromatic rings. The van der Waals surface area contributed by atoms with Gasteiger partial charge in [-0.3, -0.25) is 9.59 Å². The maximum absolute atomic E-state index is 12.0. The topological polar surface area (TPSA) is 61.8 Å². The molecule has 0 radical (unpaired) electrons. The van der Waals surface area contributed by atoms with Crippen LogP contribution in [0.15, 0.2) is 48.5 Å². The molecule has 0 atom stereocenters. The van der Waals surface area contributed by atoms with Crippen LogP contribution in [0.4, 0.5) is 0 Å². The summed E-state index contributed by atoms with van der Waals surface area (Å²) >= 11 is 0. The Morgan fingerprint density at radius 2 is 1.48 bits per heavy atom. The third kappa shape index (κ3) is 6.30. The molecule has 0 saturated heterocycles. The van der Waals surface area contributed by atoms with Crippen molar-refractivity contribution in [1.29, 1.82) is 0 Å². The maximum atomic E-state index is 12.0. The fourth-order valence-corrected chi connectivity index (χ4v) is 2.09. The average Bonchev–Trinajstić information content (AvgIpc) is 2.62. The van der Waals surface area contributed by atoms with Crippen molar-refractivity contribution in [1.82, 2.24) is 0 Å². The van der Waals surface area contributed by atoms with E-state index >= 15 is 0 Å². The van der Waals surface area contributed by atoms with E-state index in [-0.39, 0.29) is 25.4 Å². The van der Waals surface area contributed by atoms with Gasteiger partial charge < -0.3 is 14.2 Å². The first-order valence-electron chi connectivity index (χ1n) is 8.19. The highest BCUT2D eigenvalue weighted by atomic mass is 16.5. The first-order chi connectivity index (χ1) is 12.1. The number of Topliss-reactive ketones (excluding diaryl/α,β-unsaturated/α-hetero) is 1. The minimum absolute atomic E-state index is 0.0877. The van der Waals surface area contributed by atoms with E-state index in [2.05, 4.69) is 0 Å². The molecule has 0 aliphatic heterocycles. The molecular weight excluding hydrogens is 320 g/mol. The molecule has 0 aliphatic carbocycles. The number of rotatable bonds is 9. The maximum Gasteiger partial charge on any atom is 0.309 e. The molecule has 0 aliphatic rings. The lowest BCUT2D eigenvalue weighted by atomic mass is 10.1. The smallest absolute Gasteiger partial charge is 0.309 e. The quantitative estimate of drug-likeness (QED) is 0.515. The number of aryl methyl sites for hydroxylation is 1. The van der Waals surface area contributed by atoms with Crippen molar-refractivity contribution in [3.05, 3.63) is 59.7 Å². The number of carbonyl (C=O) groups is 2. The van der Waals surface area contributed by atoms with Gasteiger partial charge in [0.05, 0.1) is 19.6 Å². The van der Waals surface area contributed by atoms with Gasteiger partial charge in [0.1, 0.15) is 11.5 Å². The molecule has 5 nitrogen and oxygen atoms in total. The second-order valence-electron chi connectivity index (χ2n) is 5.45. The van der Waals surface area contributed by atoms with Crippen LogP contribution < -0.4 is 9.47 Å². The van der Waals surface area contributed by atoms with Crippen molar-refractivity contribution in [2.75, 3.05) is 19.8 Å². The van der Waals surface area contributed by atoms with E-state index in [1.807, 2.05) is 38.1 Å². The highest BCUT2D eigenvalue weighted by Crippen LogP contribution is 2.13. The predicted octanol–water partition coefficient (Wildman–Crippen LogP) is 3.59. The van der Waals surface area contributed by atoms with Crippen LogP contribution >= 0.6 is 0 Å². The number of ketones is 1. The number of carbonyl (C=O) groups excluding carboxylic acids is 2. The van der Waals surface area contributed by atoms with Gasteiger partial charge >= 0.3 is 5.97 Å². The van der Waals surface area contributed by atoms with Crippen molar-refractivity contribution in [2.45, 2.75) is 20.3 Å². The highest BCUT2D eigenvalue weighted by molar-refractivity contribution is 5.98. The Bertz CT molecular complexity index is 689. The summed E-state index contributed by atoms with van der Waals surface area (Å²) < 4.78 is 15.8. The monoisotopic (exact) mass is 342 g/mol. The van der Waals surface area contributed by atoms with Gasteiger partial charge in [-0.2, -0.15) is 0 Å². The van der Waals surface area contributed by atoms with Crippen LogP contribution in [-0.2, 0) is 9.53 Å². The molecule has 0 unspecified atom stereocenters. The summed E-state index contributed by atoms with van der Waals surface area (Å²) in [6, 6.07) is 14.3. The van der Waals surface area contributed by atoms with Crippen LogP contribution in [0.1, 0.15) is 29.3 Å². The number of ether oxygens (including phenoxy) is 3. The van der Waals surface area contributed by atoms with Crippen LogP contribution in [0.25, 0.3) is 0 Å². The Hall–Kier alpha value is -2.82. The summed E-state index contributed by atoms with van der Waals surface area (Å²) in [6.07, 6.45) is 0.0877. The molecule has 5 heteroatoms. The van der Waals surface area contributed by atoms with Crippen LogP contribution in [0.5, 0.6) is 11.5 Å². The molecule has 0 spiro atoms. The minimum Gasteiger partial charge on any atom is -0.494 e. The Morgan fingerprint density at radius 3 is 2.12 bits per heavy atom. The van der Waals surface area contributed by atoms with Crippen molar-refractivity contribution in [3.63, 3.8) is 0 Å². The van der Waals surface area contributed by atoms with Gasteiger partial charge in [0.2, 0.25) is 0 Å². The molecule has 0 N–H and O–H groups in total. The van der Waals surface area contributed by atoms with Gasteiger partial charge in [0, 0.05) is 5.56 Å². The first-order valence-corrected chi connectivity index (χ1v) is 8.19. The van der Waals surface area contributed by atoms with Crippen LogP contribution in [-0.4, -0.2) is 31.6 Å². The lowest BCUT2D eigenvalue weighted by molar-refractivity contribution is -0.143. The predicted molar refractivity (Wildman–Crippen MR) is 94.2 cm³/mol. The fraction of sp³-hybridized carbons (Fsp3) is 0.300. The molecule has 0 heterocycles. The first kappa shape index (κ1) is 18.5. The molecule has 0 amide bonds. The number of esters is 1. The Balaban J connectivity index is 1.70. The molecule has 2 aromatic carbocycles. The average molecular weight is 342 g/mol. The van der Waals surface area contributed by atoms with E-state index in [1.54, 1.807) is 24.3 Å². The van der Waals surface area contributed by atoms with Crippen molar-refractivity contribution in [2.24, 2.45) is 0 Å². The second-order valence-corrected chi connectivity index (χ2v) is 5.45. The lowest BCUT2D eigenvalue weighted by Crippen LogP contribution is -2.16. The number of benzene rings is 2. The zero-order valence-electron chi connectivity index (χ0n) is 14.5. The summed E-state index contributed by atoms with van der Waals surface area (Å²) in [5.74, 6) is 0.676. The van der Waals surface area contributed by atoms with Crippen molar-refractivity contribution in [3.8, 4) is 11.5 Å². The van der Waals surface area contributed by atoms with Gasteiger partial charge in [-0.15, -0.1) is 0 Å². The van der Waals surface area contributed by atoms with Crippen molar-refractivity contribution < 1.29 is 23.8 Å². The molecule has 2 rings (SSSR count). The van der Waals surface area contributed by atoms with Gasteiger partial charge in [-0.1, -0.05) is 17.7 Å². The van der Waals surface area contributed by atoms with E-state index in [0.29, 0.717) is 23.7 Å². The molecule has 0 saturated carbocycles. The summed E-state index contributed by atoms with van der Waals surface area (Å²) in [5, 5.41) is 0. The molecule has 0 fully saturated rings. The highest BCUT2D eigenvalue weighted by Gasteiger charge is 2.10. The number of hydrogen-bond acceptors (Lipinski definition) is 5. The Morgan fingerprint density at radius 1 is 0.880 bits per heavy atom. The van der Waals surface area contributed by atoms with E-state index < -0.39 is 5.97 Å². The van der Waals surface area contributed by atoms with Crippen molar-refractivity contribution >= 4 is 11.8 Å². The third-order valence-corrected chi connectivity index (χ3v) is 3.45. The number of hydrogen-bond donors (Lipinski definition) is 0. The normalized spacial score (nSPS) is 10.2. The van der Waals surface area contributed by atoms with Crippen LogP contribution in [0, 0.1) is 6.92 Å². The largest absolute Gasteiger partial charge is 0.494 e. The summed E-state index contributed by atoms with van der Waals surface area (Å²) in [5.41, 5.74) is 1.62. The zero-order chi connectivity index (χ0) is 18.1. The second kappa shape index (κ2) is 9.47. The van der Waals surface area contributed by atoms with E-state index in [9.17, 15) is 9.59 Å². The summed E-state index contributed by atoms with van der Waals surface area (Å²) in [4.78, 5) is 23.7. The van der Waals surface area contributed by atoms with Gasteiger partial charge in [0.25, 0.3) is 0 Å². The molecule has 0 aromatic heterocycles. The van der Waals surface area contributed by atoms with Gasteiger partial charge in [0.15, 0.2) is 12.4 Å². The molecule has 132 valence electrons. The summed E-state index contributed by atoms with van der Waals surface area (Å²) in [6.45, 7) is 4.37. The minimum atomic E-state index is -0.466. The Kier molecular flexibility index (Phi) is 7.01. The molecule has 25 heavy (non-hydrogen) atoms. The summed E-state index contributed by atoms with van der Waals surface area (Å²) in [7, 11) is 0. The van der Waals surface area contributed by atoms with E-state index in [0.717, 1.165) is 5.56 Å². The molecular formula is C20H22O5. The lowest BCUT2D eigenvalue weighted by Gasteiger charge is -2.07. The third-order valence-electron chi connectivity index (χ3n) is 3.45.